The quantitative estimate of drug-likeness (QED) is 0.895. The first-order chi connectivity index (χ1) is 9.15. The molecule has 1 aromatic carbocycles. The molecular weight excluding hydrogens is 256 g/mol. The Bertz CT molecular complexity index is 417. The highest BCUT2D eigenvalue weighted by molar-refractivity contribution is 6.31. The van der Waals surface area contributed by atoms with E-state index >= 15 is 0 Å². The first kappa shape index (κ1) is 14.7. The normalized spacial score (nSPS) is 18.6. The molecular formula is C16H25ClN2. The zero-order chi connectivity index (χ0) is 13.9. The van der Waals surface area contributed by atoms with Crippen LogP contribution < -0.4 is 10.6 Å². The minimum Gasteiger partial charge on any atom is -0.371 e. The van der Waals surface area contributed by atoms with Crippen LogP contribution in [0.25, 0.3) is 0 Å². The van der Waals surface area contributed by atoms with Gasteiger partial charge in [-0.25, -0.2) is 0 Å². The van der Waals surface area contributed by atoms with E-state index in [1.54, 1.807) is 0 Å². The SMILES string of the molecule is CCC1(CC)CCN(c2cccc(Cl)c2CN)CC1. The van der Waals surface area contributed by atoms with Crippen LogP contribution in [-0.2, 0) is 6.54 Å². The smallest absolute Gasteiger partial charge is 0.0471 e. The molecule has 0 saturated carbocycles. The number of nitrogens with zero attached hydrogens (tertiary/aromatic N) is 1. The maximum atomic E-state index is 6.25. The van der Waals surface area contributed by atoms with Gasteiger partial charge < -0.3 is 10.6 Å². The molecule has 1 heterocycles. The third-order valence-electron chi connectivity index (χ3n) is 4.96. The molecule has 0 aliphatic carbocycles. The number of benzene rings is 1. The van der Waals surface area contributed by atoms with Crippen LogP contribution in [0.1, 0.15) is 45.1 Å². The molecule has 0 atom stereocenters. The zero-order valence-corrected chi connectivity index (χ0v) is 12.8. The highest BCUT2D eigenvalue weighted by Crippen LogP contribution is 2.40. The monoisotopic (exact) mass is 280 g/mol. The summed E-state index contributed by atoms with van der Waals surface area (Å²) in [5.41, 5.74) is 8.73. The molecule has 1 saturated heterocycles. The number of hydrogen-bond acceptors (Lipinski definition) is 2. The third kappa shape index (κ3) is 2.90. The standard InChI is InChI=1S/C16H25ClN2/c1-3-16(4-2)8-10-19(11-9-16)15-7-5-6-14(17)13(15)12-18/h5-7H,3-4,8-12,18H2,1-2H3. The Balaban J connectivity index is 2.16. The fourth-order valence-corrected chi connectivity index (χ4v) is 3.47. The lowest BCUT2D eigenvalue weighted by molar-refractivity contribution is 0.199. The topological polar surface area (TPSA) is 29.3 Å². The Hall–Kier alpha value is -0.730. The highest BCUT2D eigenvalue weighted by Gasteiger charge is 2.31. The molecule has 106 valence electrons. The summed E-state index contributed by atoms with van der Waals surface area (Å²) in [6.07, 6.45) is 5.13. The van der Waals surface area contributed by atoms with Crippen molar-refractivity contribution >= 4 is 17.3 Å². The Labute approximate surface area is 121 Å². The summed E-state index contributed by atoms with van der Waals surface area (Å²) in [5.74, 6) is 0. The molecule has 2 nitrogen and oxygen atoms in total. The number of hydrogen-bond donors (Lipinski definition) is 1. The number of piperidine rings is 1. The van der Waals surface area contributed by atoms with Crippen molar-refractivity contribution in [3.8, 4) is 0 Å². The summed E-state index contributed by atoms with van der Waals surface area (Å²) in [6.45, 7) is 7.40. The van der Waals surface area contributed by atoms with E-state index in [1.807, 2.05) is 12.1 Å². The van der Waals surface area contributed by atoms with Gasteiger partial charge in [0.2, 0.25) is 0 Å². The van der Waals surface area contributed by atoms with Gasteiger partial charge in [0.25, 0.3) is 0 Å². The molecule has 2 N–H and O–H groups in total. The second kappa shape index (κ2) is 6.15. The molecule has 1 aliphatic rings. The van der Waals surface area contributed by atoms with Gasteiger partial charge >= 0.3 is 0 Å². The largest absolute Gasteiger partial charge is 0.371 e. The maximum Gasteiger partial charge on any atom is 0.0471 e. The van der Waals surface area contributed by atoms with Crippen LogP contribution in [0.3, 0.4) is 0 Å². The van der Waals surface area contributed by atoms with Gasteiger partial charge in [0.1, 0.15) is 0 Å². The molecule has 0 bridgehead atoms. The average molecular weight is 281 g/mol. The molecule has 19 heavy (non-hydrogen) atoms. The van der Waals surface area contributed by atoms with Gasteiger partial charge in [0.15, 0.2) is 0 Å². The third-order valence-corrected chi connectivity index (χ3v) is 5.32. The lowest BCUT2D eigenvalue weighted by atomic mass is 9.74. The van der Waals surface area contributed by atoms with Crippen LogP contribution >= 0.6 is 11.6 Å². The van der Waals surface area contributed by atoms with E-state index in [2.05, 4.69) is 24.8 Å². The minimum absolute atomic E-state index is 0.512. The van der Waals surface area contributed by atoms with E-state index in [4.69, 9.17) is 17.3 Å². The van der Waals surface area contributed by atoms with Crippen molar-refractivity contribution in [3.63, 3.8) is 0 Å². The molecule has 0 unspecified atom stereocenters. The molecule has 0 aromatic heterocycles. The van der Waals surface area contributed by atoms with Crippen LogP contribution in [0.15, 0.2) is 18.2 Å². The fraction of sp³-hybridized carbons (Fsp3) is 0.625. The lowest BCUT2D eigenvalue weighted by Gasteiger charge is -2.42. The summed E-state index contributed by atoms with van der Waals surface area (Å²) in [7, 11) is 0. The molecule has 3 heteroatoms. The number of anilines is 1. The Morgan fingerprint density at radius 1 is 1.21 bits per heavy atom. The van der Waals surface area contributed by atoms with Gasteiger partial charge in [-0.2, -0.15) is 0 Å². The molecule has 0 radical (unpaired) electrons. The van der Waals surface area contributed by atoms with Crippen LogP contribution in [-0.4, -0.2) is 13.1 Å². The van der Waals surface area contributed by atoms with Crippen molar-refractivity contribution < 1.29 is 0 Å². The van der Waals surface area contributed by atoms with E-state index in [9.17, 15) is 0 Å². The van der Waals surface area contributed by atoms with Gasteiger partial charge in [0, 0.05) is 35.9 Å². The second-order valence-corrected chi connectivity index (χ2v) is 6.04. The van der Waals surface area contributed by atoms with E-state index < -0.39 is 0 Å². The summed E-state index contributed by atoms with van der Waals surface area (Å²) < 4.78 is 0. The molecule has 0 spiro atoms. The van der Waals surface area contributed by atoms with Crippen molar-refractivity contribution in [2.75, 3.05) is 18.0 Å². The Kier molecular flexibility index (Phi) is 4.75. The molecule has 0 amide bonds. The predicted molar refractivity (Wildman–Crippen MR) is 83.8 cm³/mol. The first-order valence-corrected chi connectivity index (χ1v) is 7.76. The summed E-state index contributed by atoms with van der Waals surface area (Å²) in [4.78, 5) is 2.46. The van der Waals surface area contributed by atoms with E-state index in [-0.39, 0.29) is 0 Å². The maximum absolute atomic E-state index is 6.25. The highest BCUT2D eigenvalue weighted by atomic mass is 35.5. The van der Waals surface area contributed by atoms with Crippen molar-refractivity contribution in [3.05, 3.63) is 28.8 Å². The van der Waals surface area contributed by atoms with E-state index in [0.717, 1.165) is 23.7 Å². The second-order valence-electron chi connectivity index (χ2n) is 5.64. The molecule has 1 fully saturated rings. The van der Waals surface area contributed by atoms with Crippen LogP contribution in [0.4, 0.5) is 5.69 Å². The zero-order valence-electron chi connectivity index (χ0n) is 12.1. The van der Waals surface area contributed by atoms with E-state index in [0.29, 0.717) is 12.0 Å². The van der Waals surface area contributed by atoms with Crippen molar-refractivity contribution in [1.82, 2.24) is 0 Å². The summed E-state index contributed by atoms with van der Waals surface area (Å²) >= 11 is 6.25. The van der Waals surface area contributed by atoms with Gasteiger partial charge in [0.05, 0.1) is 0 Å². The Morgan fingerprint density at radius 3 is 2.37 bits per heavy atom. The van der Waals surface area contributed by atoms with Gasteiger partial charge in [-0.15, -0.1) is 0 Å². The van der Waals surface area contributed by atoms with Gasteiger partial charge in [-0.3, -0.25) is 0 Å². The van der Waals surface area contributed by atoms with Crippen molar-refractivity contribution in [2.45, 2.75) is 46.1 Å². The van der Waals surface area contributed by atoms with Crippen molar-refractivity contribution in [1.29, 1.82) is 0 Å². The molecule has 2 rings (SSSR count). The lowest BCUT2D eigenvalue weighted by Crippen LogP contribution is -2.40. The van der Waals surface area contributed by atoms with Crippen LogP contribution in [0.5, 0.6) is 0 Å². The summed E-state index contributed by atoms with van der Waals surface area (Å²) in [5, 5.41) is 0.794. The molecule has 1 aromatic rings. The number of rotatable bonds is 4. The van der Waals surface area contributed by atoms with Crippen LogP contribution in [0.2, 0.25) is 5.02 Å². The van der Waals surface area contributed by atoms with Crippen molar-refractivity contribution in [2.24, 2.45) is 11.1 Å². The number of halogens is 1. The van der Waals surface area contributed by atoms with Gasteiger partial charge in [-0.05, 0) is 30.4 Å². The fourth-order valence-electron chi connectivity index (χ4n) is 3.22. The number of nitrogens with two attached hydrogens (primary N) is 1. The summed E-state index contributed by atoms with van der Waals surface area (Å²) in [6, 6.07) is 6.11. The predicted octanol–water partition coefficient (Wildman–Crippen LogP) is 4.21. The first-order valence-electron chi connectivity index (χ1n) is 7.38. The average Bonchev–Trinajstić information content (AvgIpc) is 2.47. The van der Waals surface area contributed by atoms with Crippen LogP contribution in [0, 0.1) is 5.41 Å². The molecule has 1 aliphatic heterocycles. The Morgan fingerprint density at radius 2 is 1.84 bits per heavy atom. The van der Waals surface area contributed by atoms with E-state index in [1.165, 1.54) is 31.4 Å². The van der Waals surface area contributed by atoms with Gasteiger partial charge in [-0.1, -0.05) is 44.4 Å². The minimum atomic E-state index is 0.512.